The van der Waals surface area contributed by atoms with Crippen molar-refractivity contribution >= 4 is 51.8 Å². The van der Waals surface area contributed by atoms with Gasteiger partial charge in [0.15, 0.2) is 11.6 Å². The molecule has 1 heterocycles. The van der Waals surface area contributed by atoms with Crippen LogP contribution in [0.4, 0.5) is 0 Å². The molecule has 0 saturated heterocycles. The van der Waals surface area contributed by atoms with Crippen LogP contribution in [0.2, 0.25) is 0 Å². The van der Waals surface area contributed by atoms with Crippen LogP contribution in [0.5, 0.6) is 0 Å². The summed E-state index contributed by atoms with van der Waals surface area (Å²) in [6.07, 6.45) is 21.4. The van der Waals surface area contributed by atoms with Gasteiger partial charge < -0.3 is 0 Å². The molecule has 0 atom stereocenters. The first-order chi connectivity index (χ1) is 27.0. The predicted molar refractivity (Wildman–Crippen MR) is 238 cm³/mol. The number of hydrogen-bond donors (Lipinski definition) is 0. The molecule has 3 aliphatic rings. The van der Waals surface area contributed by atoms with E-state index in [-0.39, 0.29) is 11.6 Å². The van der Waals surface area contributed by atoms with E-state index < -0.39 is 0 Å². The lowest BCUT2D eigenvalue weighted by molar-refractivity contribution is 0.102. The van der Waals surface area contributed by atoms with Gasteiger partial charge in [0.25, 0.3) is 0 Å². The molecule has 0 radical (unpaired) electrons. The van der Waals surface area contributed by atoms with E-state index >= 15 is 0 Å². The van der Waals surface area contributed by atoms with Crippen molar-refractivity contribution < 1.29 is 9.59 Å². The van der Waals surface area contributed by atoms with Gasteiger partial charge in [0.1, 0.15) is 0 Å². The zero-order valence-corrected chi connectivity index (χ0v) is 34.7. The van der Waals surface area contributed by atoms with Gasteiger partial charge in [-0.2, -0.15) is 0 Å². The van der Waals surface area contributed by atoms with Gasteiger partial charge in [-0.1, -0.05) is 205 Å². The van der Waals surface area contributed by atoms with Gasteiger partial charge in [-0.3, -0.25) is 9.59 Å². The third-order valence-corrected chi connectivity index (χ3v) is 14.4. The number of ketones is 2. The number of hydrogen-bond acceptors (Lipinski definition) is 4. The van der Waals surface area contributed by atoms with Crippen molar-refractivity contribution in [1.82, 2.24) is 0 Å². The Morgan fingerprint density at radius 2 is 0.800 bits per heavy atom. The Hall–Kier alpha value is -3.86. The van der Waals surface area contributed by atoms with Crippen LogP contribution in [-0.4, -0.2) is 11.6 Å². The van der Waals surface area contributed by atoms with Crippen molar-refractivity contribution in [2.75, 3.05) is 0 Å². The molecule has 0 fully saturated rings. The van der Waals surface area contributed by atoms with Gasteiger partial charge in [0, 0.05) is 22.3 Å². The first kappa shape index (κ1) is 39.4. The zero-order valence-electron chi connectivity index (χ0n) is 33.1. The minimum absolute atomic E-state index is 0.0483. The highest BCUT2D eigenvalue weighted by atomic mass is 32.2. The first-order valence-electron chi connectivity index (χ1n) is 21.0. The summed E-state index contributed by atoms with van der Waals surface area (Å²) in [6.45, 7) is 6.74. The minimum Gasteiger partial charge on any atom is -0.289 e. The molecule has 0 N–H and O–H groups in total. The lowest BCUT2D eigenvalue weighted by Gasteiger charge is -2.29. The highest BCUT2D eigenvalue weighted by molar-refractivity contribution is 8.28. The minimum atomic E-state index is 0.0483. The second-order valence-electron chi connectivity index (χ2n) is 15.6. The van der Waals surface area contributed by atoms with Crippen molar-refractivity contribution in [3.63, 3.8) is 0 Å². The SMILES string of the molecule is CCCCCCCCCCCCCCCCCC(=C1SC(C)=C(C)S1)c1ccc2c(c1)C(=O)c1ccccc1C2=C1c2ccccc2C(=O)c2ccccc21. The predicted octanol–water partition coefficient (Wildman–Crippen LogP) is 15.4. The van der Waals surface area contributed by atoms with E-state index in [1.807, 2.05) is 78.1 Å². The summed E-state index contributed by atoms with van der Waals surface area (Å²) in [7, 11) is 0. The molecule has 4 aromatic rings. The summed E-state index contributed by atoms with van der Waals surface area (Å²) in [5, 5.41) is 0. The second kappa shape index (κ2) is 18.9. The third kappa shape index (κ3) is 8.76. The van der Waals surface area contributed by atoms with E-state index in [1.54, 1.807) is 0 Å². The summed E-state index contributed by atoms with van der Waals surface area (Å²) >= 11 is 3.79. The Balaban J connectivity index is 1.11. The molecule has 0 saturated carbocycles. The Labute approximate surface area is 338 Å². The van der Waals surface area contributed by atoms with Crippen LogP contribution >= 0.6 is 23.5 Å². The molecule has 55 heavy (non-hydrogen) atoms. The average molecular weight is 765 g/mol. The fraction of sp³-hybridized carbons (Fsp3) is 0.373. The van der Waals surface area contributed by atoms with Gasteiger partial charge in [0.05, 0.1) is 4.24 Å². The Bertz CT molecular complexity index is 2080. The van der Waals surface area contributed by atoms with Crippen molar-refractivity contribution in [3.8, 4) is 0 Å². The molecule has 0 amide bonds. The summed E-state index contributed by atoms with van der Waals surface area (Å²) < 4.78 is 1.36. The van der Waals surface area contributed by atoms with E-state index in [1.165, 1.54) is 110 Å². The maximum atomic E-state index is 14.5. The molecule has 7 rings (SSSR count). The molecule has 284 valence electrons. The normalized spacial score (nSPS) is 14.6. The standard InChI is InChI=1S/C51H56O2S2/c1-4-5-6-7-8-9-10-11-12-13-14-15-16-17-18-25-38(51-54-35(2)36(3)55-51)37-32-33-42-46(34-37)50(53)45-31-24-21-28-41(45)48(42)47-39-26-19-22-29-43(39)49(52)44-30-23-20-27-40(44)47/h19-24,26-34H,4-18,25H2,1-3H3. The fourth-order valence-electron chi connectivity index (χ4n) is 8.56. The average Bonchev–Trinajstić information content (AvgIpc) is 3.55. The molecule has 2 nitrogen and oxygen atoms in total. The Kier molecular flexibility index (Phi) is 13.5. The van der Waals surface area contributed by atoms with E-state index in [0.29, 0.717) is 11.1 Å². The summed E-state index contributed by atoms with van der Waals surface area (Å²) in [5.74, 6) is 0.117. The topological polar surface area (TPSA) is 34.1 Å². The molecule has 4 heteroatoms. The number of carbonyl (C=O) groups excluding carboxylic acids is 2. The Morgan fingerprint density at radius 1 is 0.436 bits per heavy atom. The third-order valence-electron chi connectivity index (χ3n) is 11.7. The number of carbonyl (C=O) groups is 2. The number of rotatable bonds is 17. The maximum absolute atomic E-state index is 14.5. The molecule has 0 bridgehead atoms. The zero-order chi connectivity index (χ0) is 38.1. The number of fused-ring (bicyclic) bond motifs is 4. The summed E-state index contributed by atoms with van der Waals surface area (Å²) in [6, 6.07) is 30.5. The van der Waals surface area contributed by atoms with Crippen molar-refractivity contribution in [3.05, 3.63) is 155 Å². The van der Waals surface area contributed by atoms with Gasteiger partial charge in [0.2, 0.25) is 0 Å². The van der Waals surface area contributed by atoms with Crippen LogP contribution in [0.3, 0.4) is 0 Å². The highest BCUT2D eigenvalue weighted by Crippen LogP contribution is 2.53. The maximum Gasteiger partial charge on any atom is 0.194 e. The smallest absolute Gasteiger partial charge is 0.194 e. The van der Waals surface area contributed by atoms with Crippen molar-refractivity contribution in [2.24, 2.45) is 0 Å². The van der Waals surface area contributed by atoms with Gasteiger partial charge in [-0.25, -0.2) is 0 Å². The molecular weight excluding hydrogens is 709 g/mol. The molecule has 0 unspecified atom stereocenters. The number of benzene rings is 4. The van der Waals surface area contributed by atoms with Crippen LogP contribution in [0.1, 0.15) is 183 Å². The van der Waals surface area contributed by atoms with Gasteiger partial charge in [-0.05, 0) is 87.1 Å². The molecular formula is C51H56O2S2. The largest absolute Gasteiger partial charge is 0.289 e. The molecule has 2 aliphatic carbocycles. The van der Waals surface area contributed by atoms with E-state index in [2.05, 4.69) is 57.2 Å². The number of allylic oxidation sites excluding steroid dienone is 3. The van der Waals surface area contributed by atoms with Crippen LogP contribution in [-0.2, 0) is 0 Å². The van der Waals surface area contributed by atoms with Crippen LogP contribution in [0, 0.1) is 0 Å². The quantitative estimate of drug-likeness (QED) is 0.0866. The monoisotopic (exact) mass is 764 g/mol. The first-order valence-corrected chi connectivity index (χ1v) is 22.6. The summed E-state index contributed by atoms with van der Waals surface area (Å²) in [4.78, 5) is 30.9. The van der Waals surface area contributed by atoms with E-state index in [9.17, 15) is 9.59 Å². The number of thioether (sulfide) groups is 2. The lowest BCUT2D eigenvalue weighted by Crippen LogP contribution is -2.19. The van der Waals surface area contributed by atoms with E-state index in [0.717, 1.165) is 62.9 Å². The van der Waals surface area contributed by atoms with Crippen LogP contribution < -0.4 is 0 Å². The fourth-order valence-corrected chi connectivity index (χ4v) is 11.3. The molecule has 0 spiro atoms. The molecule has 4 aromatic carbocycles. The van der Waals surface area contributed by atoms with Crippen molar-refractivity contribution in [2.45, 2.75) is 124 Å². The van der Waals surface area contributed by atoms with Crippen molar-refractivity contribution in [1.29, 1.82) is 0 Å². The number of unbranched alkanes of at least 4 members (excludes halogenated alkanes) is 14. The Morgan fingerprint density at radius 3 is 1.24 bits per heavy atom. The molecule has 0 aromatic heterocycles. The highest BCUT2D eigenvalue weighted by Gasteiger charge is 2.35. The second-order valence-corrected chi connectivity index (χ2v) is 18.3. The van der Waals surface area contributed by atoms with Gasteiger partial charge in [-0.15, -0.1) is 0 Å². The van der Waals surface area contributed by atoms with Crippen LogP contribution in [0.25, 0.3) is 16.7 Å². The van der Waals surface area contributed by atoms with Crippen LogP contribution in [0.15, 0.2) is 105 Å². The summed E-state index contributed by atoms with van der Waals surface area (Å²) in [5.41, 5.74) is 11.2. The molecule has 1 aliphatic heterocycles. The van der Waals surface area contributed by atoms with Gasteiger partial charge >= 0.3 is 0 Å². The van der Waals surface area contributed by atoms with E-state index in [4.69, 9.17) is 0 Å². The lowest BCUT2D eigenvalue weighted by atomic mass is 9.72.